The molecule has 10 heavy (non-hydrogen) atoms. The van der Waals surface area contributed by atoms with Crippen LogP contribution >= 0.6 is 0 Å². The average molecular weight is 157 g/mol. The Hall–Kier alpha value is -0.290. The molecule has 0 aromatic rings. The van der Waals surface area contributed by atoms with Crippen molar-refractivity contribution < 1.29 is 18.3 Å². The van der Waals surface area contributed by atoms with E-state index in [4.69, 9.17) is 5.11 Å². The Morgan fingerprint density at radius 1 is 1.50 bits per heavy atom. The Kier molecular flexibility index (Phi) is 3.67. The molecule has 0 radical (unpaired) electrons. The van der Waals surface area contributed by atoms with Gasteiger partial charge < -0.3 is 10.4 Å². The second kappa shape index (κ2) is 3.78. The number of hydrogen-bond donors (Lipinski definition) is 2. The molecule has 0 spiro atoms. The van der Waals surface area contributed by atoms with E-state index < -0.39 is 18.8 Å². The van der Waals surface area contributed by atoms with Gasteiger partial charge in [0, 0.05) is 6.54 Å². The minimum Gasteiger partial charge on any atom is -0.392 e. The summed E-state index contributed by atoms with van der Waals surface area (Å²) >= 11 is 0. The van der Waals surface area contributed by atoms with Crippen molar-refractivity contribution in [1.82, 2.24) is 5.32 Å². The molecule has 0 bridgehead atoms. The van der Waals surface area contributed by atoms with Crippen LogP contribution in [0.5, 0.6) is 0 Å². The number of halogens is 3. The van der Waals surface area contributed by atoms with Gasteiger partial charge in [0.15, 0.2) is 0 Å². The Bertz CT molecular complexity index is 91.4. The van der Waals surface area contributed by atoms with Crippen molar-refractivity contribution in [3.63, 3.8) is 0 Å². The molecule has 1 atom stereocenters. The number of aliphatic hydroxyl groups excluding tert-OH is 1. The normalized spacial score (nSPS) is 15.3. The van der Waals surface area contributed by atoms with E-state index in [1.807, 2.05) is 5.32 Å². The molecule has 0 fully saturated rings. The lowest BCUT2D eigenvalue weighted by atomic mass is 10.4. The van der Waals surface area contributed by atoms with E-state index in [0.29, 0.717) is 0 Å². The molecular formula is C5H10F3NO. The van der Waals surface area contributed by atoms with Crippen LogP contribution < -0.4 is 5.32 Å². The maximum atomic E-state index is 11.4. The van der Waals surface area contributed by atoms with E-state index in [1.165, 1.54) is 6.92 Å². The molecule has 0 saturated heterocycles. The van der Waals surface area contributed by atoms with Gasteiger partial charge in [-0.1, -0.05) is 0 Å². The summed E-state index contributed by atoms with van der Waals surface area (Å²) in [7, 11) is 0. The highest BCUT2D eigenvalue weighted by Crippen LogP contribution is 2.11. The molecule has 0 heterocycles. The number of alkyl halides is 3. The van der Waals surface area contributed by atoms with Gasteiger partial charge in [-0.15, -0.1) is 0 Å². The van der Waals surface area contributed by atoms with E-state index in [-0.39, 0.29) is 6.54 Å². The zero-order chi connectivity index (χ0) is 8.20. The highest BCUT2D eigenvalue weighted by molar-refractivity contribution is 4.57. The van der Waals surface area contributed by atoms with Gasteiger partial charge in [-0.2, -0.15) is 13.2 Å². The number of hydrogen-bond acceptors (Lipinski definition) is 2. The second-order valence-corrected chi connectivity index (χ2v) is 2.10. The fourth-order valence-corrected chi connectivity index (χ4v) is 0.423. The molecule has 62 valence electrons. The van der Waals surface area contributed by atoms with Crippen LogP contribution in [0.25, 0.3) is 0 Å². The third-order valence-corrected chi connectivity index (χ3v) is 0.765. The highest BCUT2D eigenvalue weighted by atomic mass is 19.4. The highest BCUT2D eigenvalue weighted by Gasteiger charge is 2.26. The van der Waals surface area contributed by atoms with Crippen LogP contribution in [-0.4, -0.2) is 30.5 Å². The summed E-state index contributed by atoms with van der Waals surface area (Å²) in [6, 6.07) is 0. The Labute approximate surface area is 57.0 Å². The number of aliphatic hydroxyl groups is 1. The average Bonchev–Trinajstić information content (AvgIpc) is 1.59. The quantitative estimate of drug-likeness (QED) is 0.626. The van der Waals surface area contributed by atoms with Crippen molar-refractivity contribution in [2.24, 2.45) is 0 Å². The fourth-order valence-electron chi connectivity index (χ4n) is 0.423. The van der Waals surface area contributed by atoms with Crippen molar-refractivity contribution in [3.8, 4) is 0 Å². The molecule has 0 aliphatic rings. The van der Waals surface area contributed by atoms with E-state index in [2.05, 4.69) is 0 Å². The SMILES string of the molecule is CC(O)CNCC(F)(F)F. The van der Waals surface area contributed by atoms with Crippen molar-refractivity contribution in [2.75, 3.05) is 13.1 Å². The van der Waals surface area contributed by atoms with Crippen LogP contribution in [0.3, 0.4) is 0 Å². The molecule has 2 N–H and O–H groups in total. The first kappa shape index (κ1) is 9.71. The third-order valence-electron chi connectivity index (χ3n) is 0.765. The monoisotopic (exact) mass is 157 g/mol. The van der Waals surface area contributed by atoms with Crippen LogP contribution in [0.15, 0.2) is 0 Å². The Balaban J connectivity index is 3.21. The molecule has 0 amide bonds. The first-order chi connectivity index (χ1) is 4.42. The van der Waals surface area contributed by atoms with Gasteiger partial charge in [0.1, 0.15) is 0 Å². The van der Waals surface area contributed by atoms with Crippen LogP contribution in [0.2, 0.25) is 0 Å². The topological polar surface area (TPSA) is 32.3 Å². The maximum absolute atomic E-state index is 11.4. The van der Waals surface area contributed by atoms with Crippen LogP contribution in [0, 0.1) is 0 Å². The van der Waals surface area contributed by atoms with Gasteiger partial charge in [-0.05, 0) is 6.92 Å². The standard InChI is InChI=1S/C5H10F3NO/c1-4(10)2-9-3-5(6,7)8/h4,9-10H,2-3H2,1H3. The van der Waals surface area contributed by atoms with Gasteiger partial charge in [-0.25, -0.2) is 0 Å². The van der Waals surface area contributed by atoms with E-state index >= 15 is 0 Å². The lowest BCUT2D eigenvalue weighted by Crippen LogP contribution is -2.33. The molecule has 1 unspecified atom stereocenters. The summed E-state index contributed by atoms with van der Waals surface area (Å²) in [6.07, 6.45) is -4.92. The van der Waals surface area contributed by atoms with Crippen molar-refractivity contribution in [3.05, 3.63) is 0 Å². The van der Waals surface area contributed by atoms with Crippen LogP contribution in [0.4, 0.5) is 13.2 Å². The summed E-state index contributed by atoms with van der Waals surface area (Å²) < 4.78 is 34.1. The smallest absolute Gasteiger partial charge is 0.392 e. The molecule has 0 aromatic heterocycles. The summed E-state index contributed by atoms with van der Waals surface area (Å²) in [5.74, 6) is 0. The summed E-state index contributed by atoms with van der Waals surface area (Å²) in [6.45, 7) is 0.348. The van der Waals surface area contributed by atoms with Crippen LogP contribution in [-0.2, 0) is 0 Å². The van der Waals surface area contributed by atoms with E-state index in [0.717, 1.165) is 0 Å². The first-order valence-electron chi connectivity index (χ1n) is 2.87. The predicted octanol–water partition coefficient (Wildman–Crippen LogP) is 0.519. The third kappa shape index (κ3) is 7.71. The van der Waals surface area contributed by atoms with Gasteiger partial charge in [-0.3, -0.25) is 0 Å². The fraction of sp³-hybridized carbons (Fsp3) is 1.00. The van der Waals surface area contributed by atoms with Gasteiger partial charge in [0.25, 0.3) is 0 Å². The summed E-state index contributed by atoms with van der Waals surface area (Å²) in [5.41, 5.74) is 0. The number of nitrogens with one attached hydrogen (secondary N) is 1. The second-order valence-electron chi connectivity index (χ2n) is 2.10. The summed E-state index contributed by atoms with van der Waals surface area (Å²) in [5, 5.41) is 10.6. The molecule has 0 aromatic carbocycles. The molecule has 5 heteroatoms. The zero-order valence-electron chi connectivity index (χ0n) is 5.57. The molecule has 2 nitrogen and oxygen atoms in total. The van der Waals surface area contributed by atoms with Crippen LogP contribution in [0.1, 0.15) is 6.92 Å². The van der Waals surface area contributed by atoms with Crippen molar-refractivity contribution in [2.45, 2.75) is 19.2 Å². The van der Waals surface area contributed by atoms with E-state index in [9.17, 15) is 13.2 Å². The molecule has 0 aliphatic carbocycles. The number of rotatable bonds is 3. The zero-order valence-corrected chi connectivity index (χ0v) is 5.57. The Morgan fingerprint density at radius 3 is 2.30 bits per heavy atom. The lowest BCUT2D eigenvalue weighted by molar-refractivity contribution is -0.125. The van der Waals surface area contributed by atoms with E-state index in [1.54, 1.807) is 0 Å². The maximum Gasteiger partial charge on any atom is 0.401 e. The summed E-state index contributed by atoms with van der Waals surface area (Å²) in [4.78, 5) is 0. The van der Waals surface area contributed by atoms with Crippen molar-refractivity contribution >= 4 is 0 Å². The van der Waals surface area contributed by atoms with Gasteiger partial charge >= 0.3 is 6.18 Å². The molecule has 0 rings (SSSR count). The minimum atomic E-state index is -4.19. The lowest BCUT2D eigenvalue weighted by Gasteiger charge is -2.08. The molecule has 0 aliphatic heterocycles. The van der Waals surface area contributed by atoms with Crippen molar-refractivity contribution in [1.29, 1.82) is 0 Å². The van der Waals surface area contributed by atoms with Gasteiger partial charge in [0.2, 0.25) is 0 Å². The molecular weight excluding hydrogens is 147 g/mol. The largest absolute Gasteiger partial charge is 0.401 e. The predicted molar refractivity (Wildman–Crippen MR) is 30.6 cm³/mol. The Morgan fingerprint density at radius 2 is 2.00 bits per heavy atom. The van der Waals surface area contributed by atoms with Gasteiger partial charge in [0.05, 0.1) is 12.6 Å². The molecule has 0 saturated carbocycles. The first-order valence-corrected chi connectivity index (χ1v) is 2.87. The minimum absolute atomic E-state index is 0.0283.